The number of hydrogen-bond donors (Lipinski definition) is 2. The number of nitrogens with zero attached hydrogens (tertiary/aromatic N) is 1. The minimum atomic E-state index is -3.40. The molecule has 0 radical (unpaired) electrons. The molecule has 1 aromatic carbocycles. The van der Waals surface area contributed by atoms with Gasteiger partial charge in [0.2, 0.25) is 10.0 Å². The van der Waals surface area contributed by atoms with Crippen LogP contribution in [0.2, 0.25) is 0 Å². The van der Waals surface area contributed by atoms with Gasteiger partial charge < -0.3 is 15.6 Å². The Morgan fingerprint density at radius 1 is 1.40 bits per heavy atom. The lowest BCUT2D eigenvalue weighted by Gasteiger charge is -2.22. The van der Waals surface area contributed by atoms with Crippen LogP contribution < -0.4 is 10.5 Å². The first-order valence-electron chi connectivity index (χ1n) is 6.62. The highest BCUT2D eigenvalue weighted by atomic mass is 32.2. The number of para-hydroxylation sites is 2. The first-order chi connectivity index (χ1) is 9.54. The first kappa shape index (κ1) is 15.1. The summed E-state index contributed by atoms with van der Waals surface area (Å²) in [5.41, 5.74) is 6.20. The summed E-state index contributed by atoms with van der Waals surface area (Å²) in [6, 6.07) is 6.68. The Kier molecular flexibility index (Phi) is 4.85. The van der Waals surface area contributed by atoms with Gasteiger partial charge in [0, 0.05) is 12.6 Å². The Labute approximate surface area is 119 Å². The largest absolute Gasteiger partial charge is 0.490 e. The van der Waals surface area contributed by atoms with E-state index in [0.717, 1.165) is 6.42 Å². The average Bonchev–Trinajstić information content (AvgIpc) is 2.90. The van der Waals surface area contributed by atoms with E-state index < -0.39 is 10.0 Å². The number of sulfonamides is 1. The van der Waals surface area contributed by atoms with Crippen LogP contribution in [0.15, 0.2) is 24.3 Å². The van der Waals surface area contributed by atoms with Gasteiger partial charge in [0.15, 0.2) is 0 Å². The van der Waals surface area contributed by atoms with Gasteiger partial charge in [0.05, 0.1) is 18.0 Å². The Morgan fingerprint density at radius 2 is 2.15 bits per heavy atom. The molecule has 0 bridgehead atoms. The van der Waals surface area contributed by atoms with E-state index in [1.54, 1.807) is 24.3 Å². The maximum atomic E-state index is 12.2. The van der Waals surface area contributed by atoms with Crippen LogP contribution in [0.4, 0.5) is 5.69 Å². The Balaban J connectivity index is 1.91. The number of aliphatic hydroxyl groups is 1. The molecule has 0 spiro atoms. The summed E-state index contributed by atoms with van der Waals surface area (Å²) >= 11 is 0. The number of nitrogens with two attached hydrogens (primary N) is 1. The van der Waals surface area contributed by atoms with Crippen LogP contribution in [0.3, 0.4) is 0 Å². The normalized spacial score (nSPS) is 20.1. The second kappa shape index (κ2) is 6.43. The summed E-state index contributed by atoms with van der Waals surface area (Å²) in [6.07, 6.45) is 1.50. The van der Waals surface area contributed by atoms with Crippen molar-refractivity contribution in [2.75, 3.05) is 31.2 Å². The van der Waals surface area contributed by atoms with Crippen LogP contribution in [0.1, 0.15) is 12.8 Å². The van der Waals surface area contributed by atoms with Gasteiger partial charge in [0.25, 0.3) is 0 Å². The van der Waals surface area contributed by atoms with Crippen LogP contribution in [-0.4, -0.2) is 49.4 Å². The highest BCUT2D eigenvalue weighted by molar-refractivity contribution is 7.89. The molecule has 0 aliphatic carbocycles. The van der Waals surface area contributed by atoms with Gasteiger partial charge in [-0.05, 0) is 25.0 Å². The van der Waals surface area contributed by atoms with E-state index in [0.29, 0.717) is 24.4 Å². The van der Waals surface area contributed by atoms with Gasteiger partial charge >= 0.3 is 0 Å². The van der Waals surface area contributed by atoms with E-state index in [1.807, 2.05) is 0 Å². The van der Waals surface area contributed by atoms with Crippen LogP contribution in [-0.2, 0) is 10.0 Å². The van der Waals surface area contributed by atoms with Crippen molar-refractivity contribution in [1.82, 2.24) is 4.31 Å². The molecular weight excluding hydrogens is 280 g/mol. The molecule has 1 fully saturated rings. The Hall–Kier alpha value is -1.31. The Bertz CT molecular complexity index is 547. The highest BCUT2D eigenvalue weighted by Gasteiger charge is 2.33. The number of aliphatic hydroxyl groups excluding tert-OH is 1. The van der Waals surface area contributed by atoms with Crippen molar-refractivity contribution in [2.24, 2.45) is 0 Å². The fourth-order valence-electron chi connectivity index (χ4n) is 2.34. The molecule has 0 amide bonds. The van der Waals surface area contributed by atoms with Gasteiger partial charge in [-0.1, -0.05) is 12.1 Å². The maximum Gasteiger partial charge on any atom is 0.217 e. The molecule has 0 saturated carbocycles. The molecule has 3 N–H and O–H groups in total. The van der Waals surface area contributed by atoms with Crippen molar-refractivity contribution < 1.29 is 18.3 Å². The molecule has 112 valence electrons. The fourth-order valence-corrected chi connectivity index (χ4v) is 3.91. The summed E-state index contributed by atoms with van der Waals surface area (Å²) in [7, 11) is -3.40. The second-order valence-corrected chi connectivity index (χ2v) is 6.83. The molecule has 1 atom stereocenters. The standard InChI is InChI=1S/C13H20N2O4S/c14-12-5-1-2-6-13(12)19-8-9-20(17,18)15-7-3-4-11(15)10-16/h1-2,5-6,11,16H,3-4,7-10,14H2/t11-/m1/s1. The van der Waals surface area contributed by atoms with Gasteiger partial charge in [-0.25, -0.2) is 8.42 Å². The van der Waals surface area contributed by atoms with Crippen LogP contribution in [0, 0.1) is 0 Å². The summed E-state index contributed by atoms with van der Waals surface area (Å²) in [5, 5.41) is 9.19. The summed E-state index contributed by atoms with van der Waals surface area (Å²) in [4.78, 5) is 0. The zero-order valence-corrected chi connectivity index (χ0v) is 12.1. The number of rotatable bonds is 6. The molecule has 1 heterocycles. The minimum absolute atomic E-state index is 0.0468. The van der Waals surface area contributed by atoms with E-state index >= 15 is 0 Å². The van der Waals surface area contributed by atoms with E-state index in [2.05, 4.69) is 0 Å². The predicted molar refractivity (Wildman–Crippen MR) is 77.0 cm³/mol. The quantitative estimate of drug-likeness (QED) is 0.743. The average molecular weight is 300 g/mol. The van der Waals surface area contributed by atoms with Gasteiger partial charge in [0.1, 0.15) is 12.4 Å². The number of ether oxygens (including phenoxy) is 1. The third kappa shape index (κ3) is 3.41. The van der Waals surface area contributed by atoms with E-state index in [9.17, 15) is 13.5 Å². The molecule has 1 saturated heterocycles. The maximum absolute atomic E-state index is 12.2. The molecule has 0 unspecified atom stereocenters. The SMILES string of the molecule is Nc1ccccc1OCCS(=O)(=O)N1CCC[C@@H]1CO. The molecule has 0 aromatic heterocycles. The van der Waals surface area contributed by atoms with Crippen molar-refractivity contribution in [3.8, 4) is 5.75 Å². The molecule has 20 heavy (non-hydrogen) atoms. The summed E-state index contributed by atoms with van der Waals surface area (Å²) in [6.45, 7) is 0.387. The summed E-state index contributed by atoms with van der Waals surface area (Å²) in [5.74, 6) is 0.375. The molecular formula is C13H20N2O4S. The number of hydrogen-bond acceptors (Lipinski definition) is 5. The van der Waals surface area contributed by atoms with Crippen molar-refractivity contribution >= 4 is 15.7 Å². The van der Waals surface area contributed by atoms with Crippen molar-refractivity contribution in [3.05, 3.63) is 24.3 Å². The van der Waals surface area contributed by atoms with Crippen molar-refractivity contribution in [3.63, 3.8) is 0 Å². The van der Waals surface area contributed by atoms with Crippen molar-refractivity contribution in [1.29, 1.82) is 0 Å². The topological polar surface area (TPSA) is 92.9 Å². The Morgan fingerprint density at radius 3 is 2.85 bits per heavy atom. The number of anilines is 1. The number of benzene rings is 1. The van der Waals surface area contributed by atoms with E-state index in [-0.39, 0.29) is 25.0 Å². The second-order valence-electron chi connectivity index (χ2n) is 4.79. The lowest BCUT2D eigenvalue weighted by atomic mass is 10.2. The van der Waals surface area contributed by atoms with Crippen LogP contribution >= 0.6 is 0 Å². The zero-order chi connectivity index (χ0) is 14.6. The van der Waals surface area contributed by atoms with E-state index in [1.165, 1.54) is 4.31 Å². The van der Waals surface area contributed by atoms with Gasteiger partial charge in [-0.15, -0.1) is 0 Å². The van der Waals surface area contributed by atoms with Gasteiger partial charge in [-0.3, -0.25) is 0 Å². The van der Waals surface area contributed by atoms with Crippen LogP contribution in [0.5, 0.6) is 5.75 Å². The predicted octanol–water partition coefficient (Wildman–Crippen LogP) is 0.434. The third-order valence-corrected chi connectivity index (χ3v) is 5.29. The summed E-state index contributed by atoms with van der Waals surface area (Å²) < 4.78 is 31.1. The highest BCUT2D eigenvalue weighted by Crippen LogP contribution is 2.22. The smallest absolute Gasteiger partial charge is 0.217 e. The lowest BCUT2D eigenvalue weighted by Crippen LogP contribution is -2.40. The minimum Gasteiger partial charge on any atom is -0.490 e. The monoisotopic (exact) mass is 300 g/mol. The first-order valence-corrected chi connectivity index (χ1v) is 8.23. The third-order valence-electron chi connectivity index (χ3n) is 3.41. The zero-order valence-electron chi connectivity index (χ0n) is 11.2. The lowest BCUT2D eigenvalue weighted by molar-refractivity contribution is 0.212. The number of nitrogen functional groups attached to an aromatic ring is 1. The molecule has 6 nitrogen and oxygen atoms in total. The fraction of sp³-hybridized carbons (Fsp3) is 0.538. The molecule has 1 aliphatic rings. The molecule has 7 heteroatoms. The molecule has 1 aliphatic heterocycles. The van der Waals surface area contributed by atoms with Gasteiger partial charge in [-0.2, -0.15) is 4.31 Å². The molecule has 1 aromatic rings. The van der Waals surface area contributed by atoms with Crippen LogP contribution in [0.25, 0.3) is 0 Å². The van der Waals surface area contributed by atoms with E-state index in [4.69, 9.17) is 10.5 Å². The molecule has 2 rings (SSSR count). The van der Waals surface area contributed by atoms with Crippen molar-refractivity contribution in [2.45, 2.75) is 18.9 Å².